The number of carboxylic acids is 1. The Morgan fingerprint density at radius 2 is 2.15 bits per heavy atom. The maximum absolute atomic E-state index is 10.9. The van der Waals surface area contributed by atoms with Gasteiger partial charge in [-0.1, -0.05) is 25.5 Å². The van der Waals surface area contributed by atoms with Crippen molar-refractivity contribution in [1.29, 1.82) is 0 Å². The fourth-order valence-electron chi connectivity index (χ4n) is 1.12. The molecule has 0 bridgehead atoms. The molecule has 1 unspecified atom stereocenters. The van der Waals surface area contributed by atoms with Gasteiger partial charge in [-0.15, -0.1) is 0 Å². The van der Waals surface area contributed by atoms with E-state index in [9.17, 15) is 4.79 Å². The molecule has 1 atom stereocenters. The Bertz CT molecular complexity index is 201. The monoisotopic (exact) mass is 185 g/mol. The zero-order valence-corrected chi connectivity index (χ0v) is 8.68. The van der Waals surface area contributed by atoms with Crippen LogP contribution >= 0.6 is 0 Å². The molecule has 13 heavy (non-hydrogen) atoms. The van der Waals surface area contributed by atoms with E-state index in [0.717, 1.165) is 12.0 Å². The molecule has 0 aromatic carbocycles. The van der Waals surface area contributed by atoms with Gasteiger partial charge in [0.2, 0.25) is 0 Å². The first-order chi connectivity index (χ1) is 5.92. The summed E-state index contributed by atoms with van der Waals surface area (Å²) >= 11 is 0. The van der Waals surface area contributed by atoms with Crippen molar-refractivity contribution >= 4 is 5.97 Å². The van der Waals surface area contributed by atoms with Gasteiger partial charge in [0.05, 0.1) is 0 Å². The summed E-state index contributed by atoms with van der Waals surface area (Å²) in [5.74, 6) is -0.796. The van der Waals surface area contributed by atoms with E-state index in [-0.39, 0.29) is 0 Å². The molecule has 0 amide bonds. The Labute approximate surface area is 79.8 Å². The molecule has 0 saturated carbocycles. The van der Waals surface area contributed by atoms with Crippen LogP contribution in [-0.4, -0.2) is 23.2 Å². The Morgan fingerprint density at radius 1 is 1.62 bits per heavy atom. The fraction of sp³-hybridized carbons (Fsp3) is 0.700. The molecule has 3 heteroatoms. The predicted octanol–water partition coefficient (Wildman–Crippen LogP) is 1.80. The van der Waals surface area contributed by atoms with Crippen LogP contribution in [0.3, 0.4) is 0 Å². The molecule has 0 saturated heterocycles. The first kappa shape index (κ1) is 12.2. The predicted molar refractivity (Wildman–Crippen MR) is 53.8 cm³/mol. The Hall–Kier alpha value is -0.830. The molecule has 0 aliphatic carbocycles. The molecule has 3 nitrogen and oxygen atoms in total. The molecule has 0 fully saturated rings. The number of hydrogen-bond acceptors (Lipinski definition) is 2. The lowest BCUT2D eigenvalue weighted by molar-refractivity contribution is -0.144. The summed E-state index contributed by atoms with van der Waals surface area (Å²) in [7, 11) is 0. The van der Waals surface area contributed by atoms with Gasteiger partial charge in [0.25, 0.3) is 0 Å². The Kier molecular flexibility index (Phi) is 4.70. The second-order valence-corrected chi connectivity index (χ2v) is 3.70. The van der Waals surface area contributed by atoms with Crippen LogP contribution in [0.4, 0.5) is 0 Å². The highest BCUT2D eigenvalue weighted by Gasteiger charge is 2.30. The summed E-state index contributed by atoms with van der Waals surface area (Å²) in [4.78, 5) is 10.9. The molecule has 0 aliphatic rings. The van der Waals surface area contributed by atoms with Crippen LogP contribution in [0.1, 0.15) is 33.6 Å². The van der Waals surface area contributed by atoms with E-state index < -0.39 is 11.5 Å². The van der Waals surface area contributed by atoms with Crippen LogP contribution in [-0.2, 0) is 4.79 Å². The minimum absolute atomic E-state index is 0.558. The maximum Gasteiger partial charge on any atom is 0.323 e. The van der Waals surface area contributed by atoms with Crippen LogP contribution < -0.4 is 5.32 Å². The van der Waals surface area contributed by atoms with E-state index in [1.54, 1.807) is 6.92 Å². The molecular weight excluding hydrogens is 166 g/mol. The second-order valence-electron chi connectivity index (χ2n) is 3.70. The number of aliphatic carboxylic acids is 1. The van der Waals surface area contributed by atoms with Crippen molar-refractivity contribution in [1.82, 2.24) is 5.32 Å². The van der Waals surface area contributed by atoms with Crippen LogP contribution in [0.5, 0.6) is 0 Å². The maximum atomic E-state index is 10.9. The third-order valence-electron chi connectivity index (χ3n) is 2.00. The molecule has 0 aliphatic heterocycles. The smallest absolute Gasteiger partial charge is 0.323 e. The quantitative estimate of drug-likeness (QED) is 0.620. The Balaban J connectivity index is 4.24. The standard InChI is InChI=1S/C10H19NO2/c1-5-6-10(4,9(12)13)11-7-8(2)3/h11H,2,5-7H2,1,3-4H3,(H,12,13). The van der Waals surface area contributed by atoms with Crippen LogP contribution in [0.15, 0.2) is 12.2 Å². The number of carboxylic acid groups (broad SMARTS) is 1. The molecular formula is C10H19NO2. The number of hydrogen-bond donors (Lipinski definition) is 2. The van der Waals surface area contributed by atoms with Gasteiger partial charge in [0.1, 0.15) is 5.54 Å². The summed E-state index contributed by atoms with van der Waals surface area (Å²) in [6.07, 6.45) is 1.49. The van der Waals surface area contributed by atoms with Gasteiger partial charge in [-0.25, -0.2) is 0 Å². The van der Waals surface area contributed by atoms with Crippen molar-refractivity contribution in [2.24, 2.45) is 0 Å². The third kappa shape index (κ3) is 4.08. The minimum atomic E-state index is -0.812. The SMILES string of the molecule is C=C(C)CNC(C)(CCC)C(=O)O. The highest BCUT2D eigenvalue weighted by Crippen LogP contribution is 2.12. The van der Waals surface area contributed by atoms with Crippen molar-refractivity contribution in [2.45, 2.75) is 39.2 Å². The van der Waals surface area contributed by atoms with Gasteiger partial charge in [0, 0.05) is 6.54 Å². The number of nitrogens with one attached hydrogen (secondary N) is 1. The molecule has 0 radical (unpaired) electrons. The van der Waals surface area contributed by atoms with E-state index in [1.165, 1.54) is 0 Å². The van der Waals surface area contributed by atoms with E-state index >= 15 is 0 Å². The third-order valence-corrected chi connectivity index (χ3v) is 2.00. The van der Waals surface area contributed by atoms with Crippen molar-refractivity contribution in [3.05, 3.63) is 12.2 Å². The van der Waals surface area contributed by atoms with E-state index in [0.29, 0.717) is 13.0 Å². The van der Waals surface area contributed by atoms with E-state index in [1.807, 2.05) is 13.8 Å². The fourth-order valence-corrected chi connectivity index (χ4v) is 1.12. The van der Waals surface area contributed by atoms with Gasteiger partial charge in [0.15, 0.2) is 0 Å². The largest absolute Gasteiger partial charge is 0.480 e. The van der Waals surface area contributed by atoms with E-state index in [4.69, 9.17) is 5.11 Å². The van der Waals surface area contributed by atoms with Gasteiger partial charge < -0.3 is 5.11 Å². The first-order valence-corrected chi connectivity index (χ1v) is 4.55. The van der Waals surface area contributed by atoms with Gasteiger partial charge in [-0.2, -0.15) is 0 Å². The zero-order chi connectivity index (χ0) is 10.5. The summed E-state index contributed by atoms with van der Waals surface area (Å²) in [6, 6.07) is 0. The van der Waals surface area contributed by atoms with Gasteiger partial charge >= 0.3 is 5.97 Å². The summed E-state index contributed by atoms with van der Waals surface area (Å²) < 4.78 is 0. The van der Waals surface area contributed by atoms with E-state index in [2.05, 4.69) is 11.9 Å². The lowest BCUT2D eigenvalue weighted by Gasteiger charge is -2.25. The first-order valence-electron chi connectivity index (χ1n) is 4.55. The lowest BCUT2D eigenvalue weighted by Crippen LogP contribution is -2.49. The van der Waals surface area contributed by atoms with Gasteiger partial charge in [-0.05, 0) is 20.3 Å². The molecule has 0 spiro atoms. The van der Waals surface area contributed by atoms with Gasteiger partial charge in [-0.3, -0.25) is 10.1 Å². The van der Waals surface area contributed by atoms with Crippen molar-refractivity contribution in [3.63, 3.8) is 0 Å². The number of rotatable bonds is 6. The second kappa shape index (κ2) is 5.02. The zero-order valence-electron chi connectivity index (χ0n) is 8.68. The normalized spacial score (nSPS) is 15.0. The molecule has 0 aromatic heterocycles. The van der Waals surface area contributed by atoms with Crippen molar-refractivity contribution in [3.8, 4) is 0 Å². The minimum Gasteiger partial charge on any atom is -0.480 e. The number of carbonyl (C=O) groups is 1. The summed E-state index contributed by atoms with van der Waals surface area (Å²) in [6.45, 7) is 9.84. The Morgan fingerprint density at radius 3 is 2.46 bits per heavy atom. The summed E-state index contributed by atoms with van der Waals surface area (Å²) in [5, 5.41) is 12.0. The van der Waals surface area contributed by atoms with Crippen molar-refractivity contribution in [2.75, 3.05) is 6.54 Å². The average molecular weight is 185 g/mol. The highest BCUT2D eigenvalue weighted by molar-refractivity contribution is 5.78. The lowest BCUT2D eigenvalue weighted by atomic mass is 9.96. The average Bonchev–Trinajstić information content (AvgIpc) is 2.01. The summed E-state index contributed by atoms with van der Waals surface area (Å²) in [5.41, 5.74) is 0.136. The molecule has 0 aromatic rings. The molecule has 2 N–H and O–H groups in total. The van der Waals surface area contributed by atoms with Crippen LogP contribution in [0.25, 0.3) is 0 Å². The van der Waals surface area contributed by atoms with Crippen LogP contribution in [0.2, 0.25) is 0 Å². The van der Waals surface area contributed by atoms with Crippen LogP contribution in [0, 0.1) is 0 Å². The van der Waals surface area contributed by atoms with Crippen molar-refractivity contribution < 1.29 is 9.90 Å². The highest BCUT2D eigenvalue weighted by atomic mass is 16.4. The molecule has 76 valence electrons. The molecule has 0 rings (SSSR count). The topological polar surface area (TPSA) is 49.3 Å². The molecule has 0 heterocycles.